The lowest BCUT2D eigenvalue weighted by Gasteiger charge is -2.10. The topological polar surface area (TPSA) is 53.5 Å². The molecule has 0 amide bonds. The van der Waals surface area contributed by atoms with Crippen LogP contribution in [-0.2, 0) is 4.74 Å². The average molecular weight is 274 g/mol. The molecule has 2 aromatic rings. The second-order valence-electron chi connectivity index (χ2n) is 4.57. The van der Waals surface area contributed by atoms with Crippen molar-refractivity contribution in [2.45, 2.75) is 6.92 Å². The van der Waals surface area contributed by atoms with Crippen molar-refractivity contribution in [2.24, 2.45) is 0 Å². The summed E-state index contributed by atoms with van der Waals surface area (Å²) in [4.78, 5) is 0. The Morgan fingerprint density at radius 3 is 2.35 bits per heavy atom. The molecule has 20 heavy (non-hydrogen) atoms. The largest absolute Gasteiger partial charge is 0.507 e. The number of hydrogen-bond acceptors (Lipinski definition) is 4. The summed E-state index contributed by atoms with van der Waals surface area (Å²) in [7, 11) is 0. The third kappa shape index (κ3) is 3.85. The standard InChI is InChI=1S/C12H13NO.C4H9NO/c1-2-13-11-7-8-12(14)10-6-4-3-5-9(10)11;1-3-6-4-2-5-1/h3-8,13-14H,2H2,1H3;5H,1-4H2. The summed E-state index contributed by atoms with van der Waals surface area (Å²) in [6, 6.07) is 11.5. The van der Waals surface area contributed by atoms with Crippen LogP contribution in [0.3, 0.4) is 0 Å². The van der Waals surface area contributed by atoms with Crippen LogP contribution in [0.4, 0.5) is 5.69 Å². The van der Waals surface area contributed by atoms with E-state index in [9.17, 15) is 5.11 Å². The highest BCUT2D eigenvalue weighted by Gasteiger charge is 2.02. The monoisotopic (exact) mass is 274 g/mol. The van der Waals surface area contributed by atoms with Crippen molar-refractivity contribution >= 4 is 16.5 Å². The van der Waals surface area contributed by atoms with E-state index in [1.165, 1.54) is 0 Å². The third-order valence-corrected chi connectivity index (χ3v) is 3.11. The van der Waals surface area contributed by atoms with Crippen molar-refractivity contribution in [3.05, 3.63) is 36.4 Å². The molecule has 4 nitrogen and oxygen atoms in total. The first-order valence-corrected chi connectivity index (χ1v) is 7.06. The Hall–Kier alpha value is -1.78. The molecule has 0 aromatic heterocycles. The molecule has 1 heterocycles. The minimum Gasteiger partial charge on any atom is -0.507 e. The molecule has 0 saturated carbocycles. The van der Waals surface area contributed by atoms with Gasteiger partial charge in [-0.15, -0.1) is 0 Å². The fourth-order valence-corrected chi connectivity index (χ4v) is 2.14. The predicted octanol–water partition coefficient (Wildman–Crippen LogP) is 2.58. The molecule has 4 heteroatoms. The van der Waals surface area contributed by atoms with Crippen LogP contribution in [0.1, 0.15) is 6.92 Å². The molecule has 3 N–H and O–H groups in total. The van der Waals surface area contributed by atoms with Crippen molar-refractivity contribution in [3.63, 3.8) is 0 Å². The lowest BCUT2D eigenvalue weighted by atomic mass is 10.1. The molecule has 3 rings (SSSR count). The Balaban J connectivity index is 0.000000205. The summed E-state index contributed by atoms with van der Waals surface area (Å²) in [5, 5.41) is 18.0. The van der Waals surface area contributed by atoms with Crippen LogP contribution in [0.25, 0.3) is 10.8 Å². The second-order valence-corrected chi connectivity index (χ2v) is 4.57. The predicted molar refractivity (Wildman–Crippen MR) is 83.5 cm³/mol. The van der Waals surface area contributed by atoms with Gasteiger partial charge in [0.15, 0.2) is 0 Å². The molecule has 0 radical (unpaired) electrons. The van der Waals surface area contributed by atoms with Gasteiger partial charge in [-0.25, -0.2) is 0 Å². The van der Waals surface area contributed by atoms with E-state index in [1.807, 2.05) is 30.3 Å². The number of hydrogen-bond donors (Lipinski definition) is 3. The number of nitrogens with one attached hydrogen (secondary N) is 2. The maximum absolute atomic E-state index is 9.64. The number of phenols is 1. The zero-order valence-corrected chi connectivity index (χ0v) is 11.9. The van der Waals surface area contributed by atoms with E-state index < -0.39 is 0 Å². The summed E-state index contributed by atoms with van der Waals surface area (Å²) in [5.41, 5.74) is 1.07. The zero-order chi connectivity index (χ0) is 14.2. The van der Waals surface area contributed by atoms with E-state index in [4.69, 9.17) is 4.74 Å². The lowest BCUT2D eigenvalue weighted by molar-refractivity contribution is 0.109. The summed E-state index contributed by atoms with van der Waals surface area (Å²) in [6.07, 6.45) is 0. The normalized spacial score (nSPS) is 14.4. The molecule has 1 aliphatic heterocycles. The molecule has 0 atom stereocenters. The minimum atomic E-state index is 0.335. The minimum absolute atomic E-state index is 0.335. The van der Waals surface area contributed by atoms with Crippen LogP contribution in [0.15, 0.2) is 36.4 Å². The van der Waals surface area contributed by atoms with Gasteiger partial charge in [0.2, 0.25) is 0 Å². The first-order chi connectivity index (χ1) is 9.83. The molecule has 0 aliphatic carbocycles. The molecule has 0 bridgehead atoms. The number of benzene rings is 2. The van der Waals surface area contributed by atoms with Gasteiger partial charge in [0.05, 0.1) is 13.2 Å². The molecule has 108 valence electrons. The highest BCUT2D eigenvalue weighted by atomic mass is 16.5. The Morgan fingerprint density at radius 1 is 1.10 bits per heavy atom. The lowest BCUT2D eigenvalue weighted by Crippen LogP contribution is -2.30. The van der Waals surface area contributed by atoms with Gasteiger partial charge in [-0.2, -0.15) is 0 Å². The van der Waals surface area contributed by atoms with Gasteiger partial charge in [-0.1, -0.05) is 24.3 Å². The number of phenolic OH excluding ortho intramolecular Hbond substituents is 1. The summed E-state index contributed by atoms with van der Waals surface area (Å²) in [5.74, 6) is 0.335. The van der Waals surface area contributed by atoms with Gasteiger partial charge < -0.3 is 20.5 Å². The number of aromatic hydroxyl groups is 1. The van der Waals surface area contributed by atoms with Crippen molar-refractivity contribution in [3.8, 4) is 5.75 Å². The quantitative estimate of drug-likeness (QED) is 0.737. The molecule has 1 saturated heterocycles. The van der Waals surface area contributed by atoms with Crippen LogP contribution >= 0.6 is 0 Å². The summed E-state index contributed by atoms with van der Waals surface area (Å²) < 4.78 is 5.01. The van der Waals surface area contributed by atoms with Crippen LogP contribution in [0.2, 0.25) is 0 Å². The summed E-state index contributed by atoms with van der Waals surface area (Å²) in [6.45, 7) is 6.77. The number of rotatable bonds is 2. The maximum atomic E-state index is 9.64. The number of anilines is 1. The summed E-state index contributed by atoms with van der Waals surface area (Å²) >= 11 is 0. The van der Waals surface area contributed by atoms with Crippen molar-refractivity contribution < 1.29 is 9.84 Å². The highest BCUT2D eigenvalue weighted by Crippen LogP contribution is 2.30. The SMILES string of the molecule is C1COCCN1.CCNc1ccc(O)c2ccccc12. The number of ether oxygens (including phenoxy) is 1. The molecule has 0 unspecified atom stereocenters. The maximum Gasteiger partial charge on any atom is 0.123 e. The van der Waals surface area contributed by atoms with E-state index in [1.54, 1.807) is 6.07 Å². The third-order valence-electron chi connectivity index (χ3n) is 3.11. The highest BCUT2D eigenvalue weighted by molar-refractivity contribution is 5.97. The van der Waals surface area contributed by atoms with Gasteiger partial charge in [-0.3, -0.25) is 0 Å². The average Bonchev–Trinajstić information content (AvgIpc) is 2.53. The molecular weight excluding hydrogens is 252 g/mol. The fourth-order valence-electron chi connectivity index (χ4n) is 2.14. The van der Waals surface area contributed by atoms with Crippen molar-refractivity contribution in [2.75, 3.05) is 38.2 Å². The van der Waals surface area contributed by atoms with Crippen LogP contribution in [0, 0.1) is 0 Å². The zero-order valence-electron chi connectivity index (χ0n) is 11.9. The van der Waals surface area contributed by atoms with Gasteiger partial charge in [0.25, 0.3) is 0 Å². The Labute approximate surface area is 119 Å². The molecule has 1 aliphatic rings. The van der Waals surface area contributed by atoms with E-state index in [2.05, 4.69) is 17.6 Å². The van der Waals surface area contributed by atoms with Crippen molar-refractivity contribution in [1.29, 1.82) is 0 Å². The van der Waals surface area contributed by atoms with Crippen molar-refractivity contribution in [1.82, 2.24) is 5.32 Å². The number of morpholine rings is 1. The number of fused-ring (bicyclic) bond motifs is 1. The Morgan fingerprint density at radius 2 is 1.80 bits per heavy atom. The Bertz CT molecular complexity index is 527. The van der Waals surface area contributed by atoms with Crippen LogP contribution in [0.5, 0.6) is 5.75 Å². The smallest absolute Gasteiger partial charge is 0.123 e. The first-order valence-electron chi connectivity index (χ1n) is 7.06. The molecule has 0 spiro atoms. The molecule has 1 fully saturated rings. The fraction of sp³-hybridized carbons (Fsp3) is 0.375. The van der Waals surface area contributed by atoms with Gasteiger partial charge in [0.1, 0.15) is 5.75 Å². The van der Waals surface area contributed by atoms with Gasteiger partial charge in [-0.05, 0) is 19.1 Å². The van der Waals surface area contributed by atoms with Crippen LogP contribution in [-0.4, -0.2) is 38.0 Å². The van der Waals surface area contributed by atoms with Gasteiger partial charge in [0, 0.05) is 36.1 Å². The van der Waals surface area contributed by atoms with E-state index >= 15 is 0 Å². The molecular formula is C16H22N2O2. The Kier molecular flexibility index (Phi) is 5.65. The van der Waals surface area contributed by atoms with Gasteiger partial charge >= 0.3 is 0 Å². The van der Waals surface area contributed by atoms with E-state index in [0.717, 1.165) is 49.3 Å². The van der Waals surface area contributed by atoms with Crippen LogP contribution < -0.4 is 10.6 Å². The second kappa shape index (κ2) is 7.72. The first kappa shape index (κ1) is 14.6. The van der Waals surface area contributed by atoms with E-state index in [-0.39, 0.29) is 0 Å². The molecule has 2 aromatic carbocycles. The van der Waals surface area contributed by atoms with E-state index in [0.29, 0.717) is 5.75 Å².